The lowest BCUT2D eigenvalue weighted by atomic mass is 10.2. The maximum Gasteiger partial charge on any atom is 0.240 e. The van der Waals surface area contributed by atoms with E-state index in [1.807, 2.05) is 12.1 Å². The molecule has 0 fully saturated rings. The second kappa shape index (κ2) is 9.13. The molecule has 1 rings (SSSR count). The average Bonchev–Trinajstić information content (AvgIpc) is 2.55. The molecular weight excluding hydrogens is 284 g/mol. The van der Waals surface area contributed by atoms with Crippen LogP contribution in [0.2, 0.25) is 0 Å². The van der Waals surface area contributed by atoms with Crippen LogP contribution in [-0.2, 0) is 11.3 Å². The summed E-state index contributed by atoms with van der Waals surface area (Å²) in [6.07, 6.45) is 5.04. The summed E-state index contributed by atoms with van der Waals surface area (Å²) >= 11 is 0. The molecule has 1 aromatic carbocycles. The van der Waals surface area contributed by atoms with Crippen molar-refractivity contribution in [1.82, 2.24) is 10.6 Å². The van der Waals surface area contributed by atoms with Gasteiger partial charge in [0.15, 0.2) is 17.5 Å². The molecule has 0 atom stereocenters. The van der Waals surface area contributed by atoms with Crippen molar-refractivity contribution in [3.05, 3.63) is 23.8 Å². The molecule has 0 aromatic heterocycles. The number of nitrogens with one attached hydrogen (secondary N) is 2. The number of methoxy groups -OCH3 is 2. The van der Waals surface area contributed by atoms with E-state index < -0.39 is 0 Å². The number of nitrogens with two attached hydrogens (primary N) is 1. The number of aliphatic imine (C=N–C) groups is 1. The van der Waals surface area contributed by atoms with Crippen LogP contribution in [0.15, 0.2) is 23.2 Å². The smallest absolute Gasteiger partial charge is 0.240 e. The molecule has 0 saturated heterocycles. The van der Waals surface area contributed by atoms with E-state index in [2.05, 4.69) is 21.5 Å². The molecule has 1 aromatic rings. The van der Waals surface area contributed by atoms with Crippen molar-refractivity contribution in [2.75, 3.05) is 27.3 Å². The van der Waals surface area contributed by atoms with E-state index in [0.29, 0.717) is 18.0 Å². The molecule has 118 valence electrons. The maximum atomic E-state index is 11.3. The van der Waals surface area contributed by atoms with Gasteiger partial charge in [-0.25, -0.2) is 4.99 Å². The Morgan fingerprint density at radius 3 is 2.68 bits per heavy atom. The predicted molar refractivity (Wildman–Crippen MR) is 84.7 cm³/mol. The summed E-state index contributed by atoms with van der Waals surface area (Å²) in [7, 11) is 3.14. The topological polar surface area (TPSA) is 98.0 Å². The number of carbonyl (C=O) groups is 1. The Morgan fingerprint density at radius 1 is 1.32 bits per heavy atom. The van der Waals surface area contributed by atoms with Gasteiger partial charge in [0.05, 0.1) is 33.9 Å². The molecule has 7 nitrogen and oxygen atoms in total. The van der Waals surface area contributed by atoms with Crippen LogP contribution in [0.1, 0.15) is 5.56 Å². The number of hydrogen-bond acceptors (Lipinski definition) is 4. The third kappa shape index (κ3) is 5.63. The van der Waals surface area contributed by atoms with Crippen LogP contribution in [-0.4, -0.2) is 39.2 Å². The molecule has 1 amide bonds. The van der Waals surface area contributed by atoms with Crippen LogP contribution >= 0.6 is 0 Å². The van der Waals surface area contributed by atoms with E-state index in [0.717, 1.165) is 5.56 Å². The molecule has 7 heteroatoms. The van der Waals surface area contributed by atoms with E-state index in [9.17, 15) is 4.79 Å². The molecule has 0 aliphatic heterocycles. The lowest BCUT2D eigenvalue weighted by Gasteiger charge is -2.09. The van der Waals surface area contributed by atoms with Gasteiger partial charge in [-0.15, -0.1) is 6.42 Å². The molecule has 22 heavy (non-hydrogen) atoms. The van der Waals surface area contributed by atoms with Gasteiger partial charge in [0, 0.05) is 0 Å². The Bertz CT molecular complexity index is 579. The highest BCUT2D eigenvalue weighted by Gasteiger charge is 2.04. The van der Waals surface area contributed by atoms with Crippen LogP contribution in [0.25, 0.3) is 0 Å². The highest BCUT2D eigenvalue weighted by Crippen LogP contribution is 2.27. The first-order valence-corrected chi connectivity index (χ1v) is 6.55. The second-order valence-electron chi connectivity index (χ2n) is 4.23. The van der Waals surface area contributed by atoms with E-state index >= 15 is 0 Å². The summed E-state index contributed by atoms with van der Waals surface area (Å²) < 4.78 is 10.4. The summed E-state index contributed by atoms with van der Waals surface area (Å²) in [5.74, 6) is 3.50. The van der Waals surface area contributed by atoms with Crippen LogP contribution < -0.4 is 25.8 Å². The second-order valence-corrected chi connectivity index (χ2v) is 4.23. The van der Waals surface area contributed by atoms with Crippen LogP contribution in [0.4, 0.5) is 0 Å². The summed E-state index contributed by atoms with van der Waals surface area (Å²) in [5, 5.41) is 5.21. The number of ether oxygens (including phenoxy) is 2. The predicted octanol–water partition coefficient (Wildman–Crippen LogP) is -0.142. The normalized spacial score (nSPS) is 10.5. The van der Waals surface area contributed by atoms with Crippen LogP contribution in [0, 0.1) is 12.3 Å². The molecule has 0 unspecified atom stereocenters. The van der Waals surface area contributed by atoms with Gasteiger partial charge in [-0.3, -0.25) is 4.79 Å². The average molecular weight is 304 g/mol. The molecule has 0 saturated carbocycles. The minimum absolute atomic E-state index is 0.0168. The van der Waals surface area contributed by atoms with E-state index in [1.54, 1.807) is 20.3 Å². The number of carbonyl (C=O) groups excluding carboxylic acids is 1. The number of nitrogens with zero attached hydrogens (tertiary/aromatic N) is 1. The zero-order valence-corrected chi connectivity index (χ0v) is 12.7. The maximum absolute atomic E-state index is 11.3. The van der Waals surface area contributed by atoms with Gasteiger partial charge >= 0.3 is 0 Å². The van der Waals surface area contributed by atoms with Gasteiger partial charge in [-0.05, 0) is 17.7 Å². The first-order chi connectivity index (χ1) is 10.6. The molecule has 0 heterocycles. The summed E-state index contributed by atoms with van der Waals surface area (Å²) in [4.78, 5) is 15.5. The summed E-state index contributed by atoms with van der Waals surface area (Å²) in [6.45, 7) is 0.553. The zero-order valence-electron chi connectivity index (χ0n) is 12.7. The Labute approximate surface area is 129 Å². The Hall–Kier alpha value is -2.88. The first-order valence-electron chi connectivity index (χ1n) is 6.55. The van der Waals surface area contributed by atoms with Gasteiger partial charge in [-0.2, -0.15) is 0 Å². The lowest BCUT2D eigenvalue weighted by Crippen LogP contribution is -2.40. The third-order valence-corrected chi connectivity index (χ3v) is 2.70. The molecule has 0 spiro atoms. The monoisotopic (exact) mass is 304 g/mol. The van der Waals surface area contributed by atoms with Crippen molar-refractivity contribution in [2.45, 2.75) is 6.54 Å². The van der Waals surface area contributed by atoms with Crippen LogP contribution in [0.3, 0.4) is 0 Å². The fourth-order valence-corrected chi connectivity index (χ4v) is 1.59. The molecule has 0 aliphatic carbocycles. The standard InChI is InChI=1S/C15H20N4O3/c1-4-7-17-14(20)10-19-15(16)18-9-11-5-6-12(21-2)13(8-11)22-3/h1,5-6,8H,7,9-10H2,2-3H3,(H,17,20)(H3,16,18,19). The van der Waals surface area contributed by atoms with E-state index in [1.165, 1.54) is 0 Å². The number of amides is 1. The Morgan fingerprint density at radius 2 is 2.05 bits per heavy atom. The van der Waals surface area contributed by atoms with Crippen molar-refractivity contribution in [3.8, 4) is 23.8 Å². The Kier molecular flexibility index (Phi) is 7.13. The van der Waals surface area contributed by atoms with Gasteiger partial charge in [0.25, 0.3) is 0 Å². The number of hydrogen-bond donors (Lipinski definition) is 3. The highest BCUT2D eigenvalue weighted by molar-refractivity contribution is 5.85. The van der Waals surface area contributed by atoms with Gasteiger partial charge in [-0.1, -0.05) is 12.0 Å². The minimum atomic E-state index is -0.248. The molecule has 0 radical (unpaired) electrons. The van der Waals surface area contributed by atoms with Crippen molar-refractivity contribution in [2.24, 2.45) is 10.7 Å². The molecule has 0 aliphatic rings. The Balaban J connectivity index is 2.53. The fourth-order valence-electron chi connectivity index (χ4n) is 1.59. The molecule has 4 N–H and O–H groups in total. The summed E-state index contributed by atoms with van der Waals surface area (Å²) in [6, 6.07) is 5.47. The number of terminal acetylenes is 1. The largest absolute Gasteiger partial charge is 0.493 e. The molecular formula is C15H20N4O3. The summed E-state index contributed by atoms with van der Waals surface area (Å²) in [5.41, 5.74) is 6.59. The zero-order chi connectivity index (χ0) is 16.4. The van der Waals surface area contributed by atoms with Crippen molar-refractivity contribution in [3.63, 3.8) is 0 Å². The fraction of sp³-hybridized carbons (Fsp3) is 0.333. The number of guanidine groups is 1. The lowest BCUT2D eigenvalue weighted by molar-refractivity contribution is -0.119. The van der Waals surface area contributed by atoms with Gasteiger partial charge in [0.1, 0.15) is 0 Å². The van der Waals surface area contributed by atoms with Crippen LogP contribution in [0.5, 0.6) is 11.5 Å². The SMILES string of the molecule is C#CCNC(=O)CNC(N)=NCc1ccc(OC)c(OC)c1. The van der Waals surface area contributed by atoms with Crippen molar-refractivity contribution >= 4 is 11.9 Å². The van der Waals surface area contributed by atoms with E-state index in [-0.39, 0.29) is 25.0 Å². The number of benzene rings is 1. The quantitative estimate of drug-likeness (QED) is 0.370. The van der Waals surface area contributed by atoms with Crippen molar-refractivity contribution < 1.29 is 14.3 Å². The van der Waals surface area contributed by atoms with E-state index in [4.69, 9.17) is 21.6 Å². The van der Waals surface area contributed by atoms with Gasteiger partial charge < -0.3 is 25.8 Å². The number of rotatable bonds is 7. The first kappa shape index (κ1) is 17.2. The van der Waals surface area contributed by atoms with Crippen molar-refractivity contribution in [1.29, 1.82) is 0 Å². The van der Waals surface area contributed by atoms with Gasteiger partial charge in [0.2, 0.25) is 5.91 Å². The minimum Gasteiger partial charge on any atom is -0.493 e. The third-order valence-electron chi connectivity index (χ3n) is 2.70. The molecule has 0 bridgehead atoms. The highest BCUT2D eigenvalue weighted by atomic mass is 16.5.